The number of carbonyl (C=O) groups excluding carboxylic acids is 1. The molecule has 1 unspecified atom stereocenters. The topological polar surface area (TPSA) is 81.1 Å². The fourth-order valence-electron chi connectivity index (χ4n) is 3.33. The van der Waals surface area contributed by atoms with E-state index >= 15 is 0 Å². The fraction of sp³-hybridized carbons (Fsp3) is 0.444. The number of rotatable bonds is 4. The van der Waals surface area contributed by atoms with E-state index in [2.05, 4.69) is 10.4 Å². The zero-order valence-electron chi connectivity index (χ0n) is 15.4. The lowest BCUT2D eigenvalue weighted by molar-refractivity contribution is -0.138. The Hall–Kier alpha value is -2.36. The maximum Gasteiger partial charge on any atom is 0.416 e. The highest BCUT2D eigenvalue weighted by Crippen LogP contribution is 2.34. The average Bonchev–Trinajstić information content (AvgIpc) is 3.12. The molecule has 1 aromatic heterocycles. The van der Waals surface area contributed by atoms with Crippen LogP contribution in [0.15, 0.2) is 24.3 Å². The molecule has 1 aliphatic rings. The van der Waals surface area contributed by atoms with Gasteiger partial charge in [-0.15, -0.1) is 0 Å². The lowest BCUT2D eigenvalue weighted by Gasteiger charge is -2.16. The first kappa shape index (κ1) is 20.4. The molecule has 1 atom stereocenters. The summed E-state index contributed by atoms with van der Waals surface area (Å²) in [7, 11) is -3.24. The molecule has 2 heterocycles. The molecule has 0 spiro atoms. The lowest BCUT2D eigenvalue weighted by atomic mass is 10.0. The third-order valence-corrected chi connectivity index (χ3v) is 6.48. The highest BCUT2D eigenvalue weighted by molar-refractivity contribution is 7.91. The van der Waals surface area contributed by atoms with E-state index in [1.54, 1.807) is 19.9 Å². The molecule has 10 heteroatoms. The van der Waals surface area contributed by atoms with Gasteiger partial charge in [-0.1, -0.05) is 6.07 Å². The summed E-state index contributed by atoms with van der Waals surface area (Å²) in [6, 6.07) is 5.58. The minimum atomic E-state index is -4.61. The van der Waals surface area contributed by atoms with Crippen molar-refractivity contribution in [1.29, 1.82) is 0 Å². The molecule has 3 rings (SSSR count). The number of sulfone groups is 1. The van der Waals surface area contributed by atoms with Crippen LogP contribution in [0.3, 0.4) is 0 Å². The van der Waals surface area contributed by atoms with Gasteiger partial charge in [0, 0.05) is 12.2 Å². The molecular formula is C18H20F3N3O3S. The summed E-state index contributed by atoms with van der Waals surface area (Å²) < 4.78 is 65.0. The van der Waals surface area contributed by atoms with Crippen LogP contribution in [-0.4, -0.2) is 35.6 Å². The van der Waals surface area contributed by atoms with Crippen molar-refractivity contribution in [2.24, 2.45) is 5.92 Å². The van der Waals surface area contributed by atoms with Crippen molar-refractivity contribution in [1.82, 2.24) is 15.1 Å². The van der Waals surface area contributed by atoms with Crippen LogP contribution in [0.1, 0.15) is 28.9 Å². The van der Waals surface area contributed by atoms with Gasteiger partial charge in [-0.25, -0.2) is 13.1 Å². The molecule has 6 nitrogen and oxygen atoms in total. The van der Waals surface area contributed by atoms with Crippen molar-refractivity contribution in [2.75, 3.05) is 11.5 Å². The predicted molar refractivity (Wildman–Crippen MR) is 96.6 cm³/mol. The van der Waals surface area contributed by atoms with Gasteiger partial charge in [-0.05, 0) is 44.0 Å². The van der Waals surface area contributed by atoms with Crippen molar-refractivity contribution >= 4 is 15.7 Å². The molecule has 0 radical (unpaired) electrons. The molecule has 1 aliphatic heterocycles. The summed E-state index contributed by atoms with van der Waals surface area (Å²) in [6.07, 6.45) is -4.42. The number of nitrogens with zero attached hydrogens (tertiary/aromatic N) is 2. The SMILES string of the molecule is Cc1cc(C)n(-c2ccc(CNC(=O)C3CCS(=O)(=O)C3)c(C(F)(F)F)c2)n1. The minimum absolute atomic E-state index is 0.0732. The van der Waals surface area contributed by atoms with Crippen LogP contribution in [0.4, 0.5) is 13.2 Å². The number of aromatic nitrogens is 2. The molecule has 2 aromatic rings. The highest BCUT2D eigenvalue weighted by atomic mass is 32.2. The molecule has 0 saturated carbocycles. The van der Waals surface area contributed by atoms with E-state index in [9.17, 15) is 26.4 Å². The fourth-order valence-corrected chi connectivity index (χ4v) is 5.07. The second-order valence-corrected chi connectivity index (χ2v) is 9.22. The van der Waals surface area contributed by atoms with Crippen LogP contribution in [0.2, 0.25) is 0 Å². The second kappa shape index (κ2) is 7.23. The van der Waals surface area contributed by atoms with E-state index < -0.39 is 33.4 Å². The summed E-state index contributed by atoms with van der Waals surface area (Å²) in [4.78, 5) is 12.1. The first-order valence-electron chi connectivity index (χ1n) is 8.68. The molecule has 0 aliphatic carbocycles. The van der Waals surface area contributed by atoms with Gasteiger partial charge in [0.05, 0.1) is 34.4 Å². The maximum atomic E-state index is 13.6. The Morgan fingerprint density at radius 1 is 1.29 bits per heavy atom. The van der Waals surface area contributed by atoms with Gasteiger partial charge in [0.25, 0.3) is 0 Å². The first-order chi connectivity index (χ1) is 13.0. The molecule has 1 aromatic carbocycles. The van der Waals surface area contributed by atoms with E-state index in [0.29, 0.717) is 11.4 Å². The average molecular weight is 415 g/mol. The quantitative estimate of drug-likeness (QED) is 0.832. The van der Waals surface area contributed by atoms with E-state index in [4.69, 9.17) is 0 Å². The Bertz CT molecular complexity index is 1010. The van der Waals surface area contributed by atoms with Crippen LogP contribution in [-0.2, 0) is 27.4 Å². The van der Waals surface area contributed by atoms with Crippen molar-refractivity contribution in [3.05, 3.63) is 46.8 Å². The summed E-state index contributed by atoms with van der Waals surface area (Å²) >= 11 is 0. The zero-order chi connectivity index (χ0) is 20.7. The molecule has 1 N–H and O–H groups in total. The van der Waals surface area contributed by atoms with Gasteiger partial charge >= 0.3 is 6.18 Å². The second-order valence-electron chi connectivity index (χ2n) is 7.00. The third kappa shape index (κ3) is 4.37. The highest BCUT2D eigenvalue weighted by Gasteiger charge is 2.35. The molecule has 1 fully saturated rings. The summed E-state index contributed by atoms with van der Waals surface area (Å²) in [5.41, 5.74) is 0.710. The van der Waals surface area contributed by atoms with E-state index in [1.165, 1.54) is 16.8 Å². The number of hydrogen-bond acceptors (Lipinski definition) is 4. The monoisotopic (exact) mass is 415 g/mol. The third-order valence-electron chi connectivity index (χ3n) is 4.71. The van der Waals surface area contributed by atoms with E-state index in [-0.39, 0.29) is 35.7 Å². The molecule has 1 amide bonds. The number of nitrogens with one attached hydrogen (secondary N) is 1. The number of amides is 1. The van der Waals surface area contributed by atoms with Gasteiger partial charge < -0.3 is 5.32 Å². The van der Waals surface area contributed by atoms with Gasteiger partial charge in [0.1, 0.15) is 0 Å². The van der Waals surface area contributed by atoms with Gasteiger partial charge in [0.2, 0.25) is 5.91 Å². The smallest absolute Gasteiger partial charge is 0.352 e. The summed E-state index contributed by atoms with van der Waals surface area (Å²) in [6.45, 7) is 3.17. The Morgan fingerprint density at radius 2 is 2.00 bits per heavy atom. The number of aryl methyl sites for hydroxylation is 2. The standard InChI is InChI=1S/C18H20F3N3O3S/c1-11-7-12(2)24(23-11)15-4-3-13(16(8-15)18(19,20)21)9-22-17(25)14-5-6-28(26,27)10-14/h3-4,7-8,14H,5-6,9-10H2,1-2H3,(H,22,25). The largest absolute Gasteiger partial charge is 0.416 e. The molecule has 0 bridgehead atoms. The minimum Gasteiger partial charge on any atom is -0.352 e. The number of benzene rings is 1. The van der Waals surface area contributed by atoms with Crippen LogP contribution in [0, 0.1) is 19.8 Å². The molecule has 28 heavy (non-hydrogen) atoms. The van der Waals surface area contributed by atoms with Crippen LogP contribution >= 0.6 is 0 Å². The number of halogens is 3. The van der Waals surface area contributed by atoms with Gasteiger partial charge in [-0.2, -0.15) is 18.3 Å². The molecule has 152 valence electrons. The lowest BCUT2D eigenvalue weighted by Crippen LogP contribution is -2.31. The van der Waals surface area contributed by atoms with Crippen molar-refractivity contribution < 1.29 is 26.4 Å². The summed E-state index contributed by atoms with van der Waals surface area (Å²) in [5.74, 6) is -1.59. The van der Waals surface area contributed by atoms with Crippen LogP contribution < -0.4 is 5.32 Å². The van der Waals surface area contributed by atoms with Crippen LogP contribution in [0.5, 0.6) is 0 Å². The first-order valence-corrected chi connectivity index (χ1v) is 10.5. The Morgan fingerprint density at radius 3 is 2.54 bits per heavy atom. The van der Waals surface area contributed by atoms with Crippen molar-refractivity contribution in [3.8, 4) is 5.69 Å². The number of carbonyl (C=O) groups is 1. The van der Waals surface area contributed by atoms with Crippen LogP contribution in [0.25, 0.3) is 5.69 Å². The molecule has 1 saturated heterocycles. The van der Waals surface area contributed by atoms with Crippen molar-refractivity contribution in [2.45, 2.75) is 33.0 Å². The van der Waals surface area contributed by atoms with E-state index in [1.807, 2.05) is 0 Å². The normalized spacial score (nSPS) is 19.0. The summed E-state index contributed by atoms with van der Waals surface area (Å²) in [5, 5.41) is 6.64. The Labute approximate surface area is 160 Å². The Balaban J connectivity index is 1.83. The Kier molecular flexibility index (Phi) is 5.26. The van der Waals surface area contributed by atoms with Crippen molar-refractivity contribution in [3.63, 3.8) is 0 Å². The number of hydrogen-bond donors (Lipinski definition) is 1. The predicted octanol–water partition coefficient (Wildman–Crippen LogP) is 2.56. The maximum absolute atomic E-state index is 13.6. The zero-order valence-corrected chi connectivity index (χ0v) is 16.2. The van der Waals surface area contributed by atoms with Gasteiger partial charge in [-0.3, -0.25) is 4.79 Å². The van der Waals surface area contributed by atoms with E-state index in [0.717, 1.165) is 6.07 Å². The van der Waals surface area contributed by atoms with Gasteiger partial charge in [0.15, 0.2) is 9.84 Å². The molecular weight excluding hydrogens is 395 g/mol. The number of alkyl halides is 3.